The Morgan fingerprint density at radius 1 is 0.361 bits per heavy atom. The van der Waals surface area contributed by atoms with Crippen LogP contribution in [0.4, 0.5) is 0 Å². The molecule has 0 unspecified atom stereocenters. The molecule has 0 saturated carbocycles. The van der Waals surface area contributed by atoms with Crippen LogP contribution < -0.4 is 0 Å². The molecule has 0 aliphatic carbocycles. The molecule has 4 nitrogen and oxygen atoms in total. The summed E-state index contributed by atoms with van der Waals surface area (Å²) < 4.78 is 0. The second-order valence-corrected chi connectivity index (χ2v) is 9.40. The lowest BCUT2D eigenvalue weighted by Gasteiger charge is -2.10. The van der Waals surface area contributed by atoms with Crippen LogP contribution in [0.25, 0.3) is 66.1 Å². The van der Waals surface area contributed by atoms with E-state index in [9.17, 15) is 0 Å². The molecule has 0 radical (unpaired) electrons. The standard InChI is InChI=1S/C30H16Cl2N4/c31-25-15-11-17-3-1-5-21(27(17)35-25)23-13-9-19-7-8-20-10-14-24(34-30(20)29(19)33-23)22-6-2-4-18-12-16-26(32)36-28(18)22/h1-16H. The number of para-hydroxylation sites is 2. The molecule has 4 heterocycles. The normalized spacial score (nSPS) is 11.6. The van der Waals surface area contributed by atoms with Crippen molar-refractivity contribution in [2.24, 2.45) is 0 Å². The van der Waals surface area contributed by atoms with Crippen LogP contribution >= 0.6 is 23.2 Å². The molecule has 0 atom stereocenters. The lowest BCUT2D eigenvalue weighted by Crippen LogP contribution is -1.93. The number of pyridine rings is 4. The third kappa shape index (κ3) is 3.46. The van der Waals surface area contributed by atoms with Crippen molar-refractivity contribution in [1.29, 1.82) is 0 Å². The van der Waals surface area contributed by atoms with Gasteiger partial charge in [0.25, 0.3) is 0 Å². The van der Waals surface area contributed by atoms with E-state index in [0.29, 0.717) is 10.3 Å². The maximum Gasteiger partial charge on any atom is 0.129 e. The number of aromatic nitrogens is 4. The van der Waals surface area contributed by atoms with Crippen molar-refractivity contribution in [3.8, 4) is 22.5 Å². The van der Waals surface area contributed by atoms with Crippen LogP contribution in [0.5, 0.6) is 0 Å². The molecule has 0 saturated heterocycles. The zero-order valence-electron chi connectivity index (χ0n) is 18.8. The average molecular weight is 503 g/mol. The lowest BCUT2D eigenvalue weighted by molar-refractivity contribution is 1.35. The zero-order valence-corrected chi connectivity index (χ0v) is 20.3. The highest BCUT2D eigenvalue weighted by Crippen LogP contribution is 2.33. The van der Waals surface area contributed by atoms with Crippen molar-refractivity contribution in [3.05, 3.63) is 107 Å². The Morgan fingerprint density at radius 3 is 1.22 bits per heavy atom. The van der Waals surface area contributed by atoms with E-state index in [1.54, 1.807) is 12.1 Å². The molecule has 170 valence electrons. The van der Waals surface area contributed by atoms with Gasteiger partial charge in [-0.05, 0) is 36.4 Å². The fourth-order valence-corrected chi connectivity index (χ4v) is 5.02. The Bertz CT molecular complexity index is 1840. The van der Waals surface area contributed by atoms with Gasteiger partial charge in [-0.1, -0.05) is 83.9 Å². The Labute approximate surface area is 216 Å². The highest BCUT2D eigenvalue weighted by Gasteiger charge is 2.13. The molecule has 0 aliphatic rings. The van der Waals surface area contributed by atoms with Gasteiger partial charge in [0.05, 0.1) is 33.5 Å². The highest BCUT2D eigenvalue weighted by molar-refractivity contribution is 6.30. The van der Waals surface area contributed by atoms with Gasteiger partial charge in [-0.25, -0.2) is 19.9 Å². The monoisotopic (exact) mass is 502 g/mol. The number of hydrogen-bond donors (Lipinski definition) is 0. The van der Waals surface area contributed by atoms with Crippen molar-refractivity contribution >= 4 is 66.8 Å². The molecule has 0 bridgehead atoms. The van der Waals surface area contributed by atoms with Crippen LogP contribution in [0, 0.1) is 0 Å². The topological polar surface area (TPSA) is 51.6 Å². The first-order valence-corrected chi connectivity index (χ1v) is 12.2. The fourth-order valence-electron chi connectivity index (χ4n) is 4.73. The van der Waals surface area contributed by atoms with E-state index < -0.39 is 0 Å². The molecule has 7 rings (SSSR count). The summed E-state index contributed by atoms with van der Waals surface area (Å²) in [6, 6.07) is 32.0. The molecule has 4 aromatic heterocycles. The van der Waals surface area contributed by atoms with Gasteiger partial charge in [0, 0.05) is 32.7 Å². The first kappa shape index (κ1) is 21.2. The third-order valence-electron chi connectivity index (χ3n) is 6.44. The molecule has 7 aromatic rings. The van der Waals surface area contributed by atoms with E-state index >= 15 is 0 Å². The van der Waals surface area contributed by atoms with Crippen LogP contribution in [-0.4, -0.2) is 19.9 Å². The van der Waals surface area contributed by atoms with Gasteiger partial charge in [0.1, 0.15) is 10.3 Å². The summed E-state index contributed by atoms with van der Waals surface area (Å²) in [5.41, 5.74) is 6.81. The fraction of sp³-hybridized carbons (Fsp3) is 0. The zero-order chi connectivity index (χ0) is 24.2. The average Bonchev–Trinajstić information content (AvgIpc) is 2.91. The van der Waals surface area contributed by atoms with Crippen LogP contribution in [0.1, 0.15) is 0 Å². The molecular weight excluding hydrogens is 487 g/mol. The Kier molecular flexibility index (Phi) is 4.84. The van der Waals surface area contributed by atoms with Crippen molar-refractivity contribution in [3.63, 3.8) is 0 Å². The van der Waals surface area contributed by atoms with Crippen molar-refractivity contribution in [1.82, 2.24) is 19.9 Å². The number of fused-ring (bicyclic) bond motifs is 5. The summed E-state index contributed by atoms with van der Waals surface area (Å²) >= 11 is 12.4. The van der Waals surface area contributed by atoms with Gasteiger partial charge in [0.2, 0.25) is 0 Å². The molecule has 6 heteroatoms. The Hall–Kier alpha value is -4.12. The largest absolute Gasteiger partial charge is 0.245 e. The minimum atomic E-state index is 0.455. The predicted octanol–water partition coefficient (Wildman–Crippen LogP) is 8.52. The number of rotatable bonds is 2. The van der Waals surface area contributed by atoms with E-state index in [1.165, 1.54) is 0 Å². The summed E-state index contributed by atoms with van der Waals surface area (Å²) in [4.78, 5) is 19.3. The molecule has 0 amide bonds. The number of halogens is 2. The molecule has 3 aromatic carbocycles. The van der Waals surface area contributed by atoms with E-state index in [1.807, 2.05) is 60.7 Å². The molecule has 0 aliphatic heterocycles. The molecule has 0 N–H and O–H groups in total. The van der Waals surface area contributed by atoms with Crippen molar-refractivity contribution < 1.29 is 0 Å². The summed E-state index contributed by atoms with van der Waals surface area (Å²) in [7, 11) is 0. The molecule has 0 spiro atoms. The second-order valence-electron chi connectivity index (χ2n) is 8.62. The minimum absolute atomic E-state index is 0.455. The second kappa shape index (κ2) is 8.23. The van der Waals surface area contributed by atoms with E-state index in [2.05, 4.69) is 34.2 Å². The van der Waals surface area contributed by atoms with E-state index in [4.69, 9.17) is 33.2 Å². The highest BCUT2D eigenvalue weighted by atomic mass is 35.5. The summed E-state index contributed by atoms with van der Waals surface area (Å²) in [5.74, 6) is 0. The lowest BCUT2D eigenvalue weighted by atomic mass is 10.0. The first-order chi connectivity index (χ1) is 17.6. The van der Waals surface area contributed by atoms with E-state index in [-0.39, 0.29) is 0 Å². The molecular formula is C30H16Cl2N4. The first-order valence-electron chi connectivity index (χ1n) is 11.5. The molecule has 36 heavy (non-hydrogen) atoms. The minimum Gasteiger partial charge on any atom is -0.245 e. The maximum atomic E-state index is 6.22. The van der Waals surface area contributed by atoms with E-state index in [0.717, 1.165) is 66.1 Å². The van der Waals surface area contributed by atoms with Gasteiger partial charge in [-0.3, -0.25) is 0 Å². The van der Waals surface area contributed by atoms with Crippen LogP contribution in [0.2, 0.25) is 10.3 Å². The van der Waals surface area contributed by atoms with Gasteiger partial charge in [0.15, 0.2) is 0 Å². The third-order valence-corrected chi connectivity index (χ3v) is 6.87. The SMILES string of the molecule is Clc1ccc2cccc(-c3ccc4ccc5ccc(-c6cccc7ccc(Cl)nc67)nc5c4n3)c2n1. The van der Waals surface area contributed by atoms with Crippen molar-refractivity contribution in [2.75, 3.05) is 0 Å². The quantitative estimate of drug-likeness (QED) is 0.175. The summed E-state index contributed by atoms with van der Waals surface area (Å²) in [6.07, 6.45) is 0. The Morgan fingerprint density at radius 2 is 0.750 bits per heavy atom. The van der Waals surface area contributed by atoms with Crippen LogP contribution in [0.3, 0.4) is 0 Å². The molecule has 0 fully saturated rings. The summed E-state index contributed by atoms with van der Waals surface area (Å²) in [5, 5.41) is 4.97. The maximum absolute atomic E-state index is 6.22. The number of hydrogen-bond acceptors (Lipinski definition) is 4. The number of nitrogens with zero attached hydrogens (tertiary/aromatic N) is 4. The van der Waals surface area contributed by atoms with Gasteiger partial charge < -0.3 is 0 Å². The van der Waals surface area contributed by atoms with Gasteiger partial charge in [-0.2, -0.15) is 0 Å². The van der Waals surface area contributed by atoms with Crippen LogP contribution in [-0.2, 0) is 0 Å². The number of benzene rings is 3. The van der Waals surface area contributed by atoms with Crippen LogP contribution in [0.15, 0.2) is 97.1 Å². The smallest absolute Gasteiger partial charge is 0.129 e. The van der Waals surface area contributed by atoms with Gasteiger partial charge >= 0.3 is 0 Å². The summed E-state index contributed by atoms with van der Waals surface area (Å²) in [6.45, 7) is 0. The van der Waals surface area contributed by atoms with Crippen molar-refractivity contribution in [2.45, 2.75) is 0 Å². The van der Waals surface area contributed by atoms with Gasteiger partial charge in [-0.15, -0.1) is 0 Å². The predicted molar refractivity (Wildman–Crippen MR) is 149 cm³/mol. The Balaban J connectivity index is 1.48.